The molecule has 0 fully saturated rings. The van der Waals surface area contributed by atoms with Crippen LogP contribution in [0.15, 0.2) is 29.4 Å². The first-order chi connectivity index (χ1) is 9.12. The van der Waals surface area contributed by atoms with Crippen molar-refractivity contribution in [2.24, 2.45) is 5.10 Å². The van der Waals surface area contributed by atoms with Gasteiger partial charge in [0.05, 0.1) is 18.7 Å². The van der Waals surface area contributed by atoms with Gasteiger partial charge < -0.3 is 4.74 Å². The summed E-state index contributed by atoms with van der Waals surface area (Å²) in [5.41, 5.74) is 3.75. The summed E-state index contributed by atoms with van der Waals surface area (Å²) in [6, 6.07) is 10.2. The second-order valence-electron chi connectivity index (χ2n) is 3.66. The number of nitrogens with one attached hydrogen (secondary N) is 1. The van der Waals surface area contributed by atoms with E-state index in [0.717, 1.165) is 5.56 Å². The van der Waals surface area contributed by atoms with Crippen LogP contribution in [0.1, 0.15) is 18.4 Å². The third-order valence-corrected chi connectivity index (χ3v) is 2.47. The van der Waals surface area contributed by atoms with Gasteiger partial charge in [0, 0.05) is 0 Å². The molecule has 0 aromatic heterocycles. The minimum Gasteiger partial charge on any atom is -0.469 e. The summed E-state index contributed by atoms with van der Waals surface area (Å²) in [5.74, 6) is -0.661. The van der Waals surface area contributed by atoms with Crippen molar-refractivity contribution in [2.75, 3.05) is 12.5 Å². The van der Waals surface area contributed by atoms with Crippen LogP contribution in [0.3, 0.4) is 0 Å². The van der Waals surface area contributed by atoms with Crippen LogP contribution >= 0.6 is 0 Å². The Hall–Kier alpha value is -2.86. The van der Waals surface area contributed by atoms with E-state index >= 15 is 0 Å². The molecule has 6 heteroatoms. The normalized spacial score (nSPS) is 10.5. The number of esters is 1. The lowest BCUT2D eigenvalue weighted by molar-refractivity contribution is -0.141. The number of methoxy groups -OCH3 is 1. The van der Waals surface area contributed by atoms with Crippen molar-refractivity contribution in [1.29, 1.82) is 10.5 Å². The number of carbonyl (C=O) groups excluding carboxylic acids is 1. The highest BCUT2D eigenvalue weighted by molar-refractivity contribution is 6.10. The fourth-order valence-corrected chi connectivity index (χ4v) is 1.35. The molecule has 6 nitrogen and oxygen atoms in total. The van der Waals surface area contributed by atoms with Crippen molar-refractivity contribution in [3.63, 3.8) is 0 Å². The van der Waals surface area contributed by atoms with Gasteiger partial charge in [-0.25, -0.2) is 0 Å². The molecule has 0 amide bonds. The third kappa shape index (κ3) is 3.83. The number of carbonyl (C=O) groups is 1. The first kappa shape index (κ1) is 14.2. The Morgan fingerprint density at radius 1 is 1.32 bits per heavy atom. The fourth-order valence-electron chi connectivity index (χ4n) is 1.35. The Morgan fingerprint density at radius 2 is 1.89 bits per heavy atom. The molecule has 1 atom stereocenters. The summed E-state index contributed by atoms with van der Waals surface area (Å²) in [4.78, 5) is 11.4. The molecule has 0 aliphatic heterocycles. The van der Waals surface area contributed by atoms with E-state index in [4.69, 9.17) is 10.5 Å². The lowest BCUT2D eigenvalue weighted by atomic mass is 10.0. The molecule has 1 N–H and O–H groups in total. The number of hydrogen-bond acceptors (Lipinski definition) is 6. The average molecular weight is 256 g/mol. The molecule has 0 radical (unpaired) electrons. The highest BCUT2D eigenvalue weighted by atomic mass is 16.5. The van der Waals surface area contributed by atoms with E-state index in [9.17, 15) is 4.79 Å². The van der Waals surface area contributed by atoms with Gasteiger partial charge in [-0.2, -0.15) is 15.6 Å². The number of rotatable bonds is 4. The molecule has 0 aliphatic rings. The van der Waals surface area contributed by atoms with E-state index in [1.54, 1.807) is 43.3 Å². The molecule has 1 aromatic rings. The Morgan fingerprint density at radius 3 is 2.37 bits per heavy atom. The highest BCUT2D eigenvalue weighted by Gasteiger charge is 2.14. The molecular formula is C13H12N4O2. The number of hydrogen-bond donors (Lipinski definition) is 1. The van der Waals surface area contributed by atoms with Gasteiger partial charge in [0.2, 0.25) is 5.71 Å². The van der Waals surface area contributed by atoms with Crippen LogP contribution in [0.25, 0.3) is 0 Å². The molecule has 0 heterocycles. The molecule has 0 bridgehead atoms. The second-order valence-corrected chi connectivity index (χ2v) is 3.66. The number of nitriles is 2. The summed E-state index contributed by atoms with van der Waals surface area (Å²) in [6.07, 6.45) is 0. The Balaban J connectivity index is 2.78. The van der Waals surface area contributed by atoms with Crippen molar-refractivity contribution in [3.8, 4) is 12.1 Å². The van der Waals surface area contributed by atoms with Crippen LogP contribution in [0.2, 0.25) is 0 Å². The maximum absolute atomic E-state index is 11.4. The van der Waals surface area contributed by atoms with Gasteiger partial charge in [0.25, 0.3) is 0 Å². The quantitative estimate of drug-likeness (QED) is 0.503. The first-order valence-corrected chi connectivity index (χ1v) is 5.44. The summed E-state index contributed by atoms with van der Waals surface area (Å²) in [5, 5.41) is 20.6. The molecule has 96 valence electrons. The van der Waals surface area contributed by atoms with Gasteiger partial charge in [-0.1, -0.05) is 12.1 Å². The number of nitrogens with zero attached hydrogens (tertiary/aromatic N) is 3. The maximum Gasteiger partial charge on any atom is 0.312 e. The summed E-state index contributed by atoms with van der Waals surface area (Å²) in [6.45, 7) is 1.75. The van der Waals surface area contributed by atoms with Gasteiger partial charge in [-0.15, -0.1) is 0 Å². The van der Waals surface area contributed by atoms with Gasteiger partial charge in [-0.05, 0) is 24.6 Å². The summed E-state index contributed by atoms with van der Waals surface area (Å²) < 4.78 is 4.66. The van der Waals surface area contributed by atoms with Gasteiger partial charge in [0.1, 0.15) is 12.1 Å². The van der Waals surface area contributed by atoms with Crippen LogP contribution in [0.4, 0.5) is 5.69 Å². The molecule has 1 unspecified atom stereocenters. The van der Waals surface area contributed by atoms with E-state index in [1.807, 2.05) is 0 Å². The second kappa shape index (κ2) is 6.77. The van der Waals surface area contributed by atoms with Crippen LogP contribution < -0.4 is 5.43 Å². The van der Waals surface area contributed by atoms with Crippen molar-refractivity contribution in [2.45, 2.75) is 12.8 Å². The molecule has 0 spiro atoms. The Labute approximate surface area is 110 Å². The zero-order valence-corrected chi connectivity index (χ0v) is 10.5. The van der Waals surface area contributed by atoms with Crippen LogP contribution in [0, 0.1) is 22.7 Å². The lowest BCUT2D eigenvalue weighted by Gasteiger charge is -2.09. The van der Waals surface area contributed by atoms with Crippen molar-refractivity contribution >= 4 is 17.4 Å². The van der Waals surface area contributed by atoms with E-state index in [0.29, 0.717) is 5.69 Å². The standard InChI is InChI=1S/C13H12N4O2/c1-9(13(18)19-2)10-3-5-11(6-4-10)16-17-12(7-14)8-15/h3-6,9,16H,1-2H3. The Kier molecular flexibility index (Phi) is 5.06. The number of anilines is 1. The highest BCUT2D eigenvalue weighted by Crippen LogP contribution is 2.19. The zero-order chi connectivity index (χ0) is 14.3. The molecule has 1 aromatic carbocycles. The minimum absolute atomic E-state index is 0.257. The molecule has 0 saturated carbocycles. The van der Waals surface area contributed by atoms with Crippen molar-refractivity contribution in [3.05, 3.63) is 29.8 Å². The zero-order valence-electron chi connectivity index (χ0n) is 10.5. The van der Waals surface area contributed by atoms with E-state index in [2.05, 4.69) is 15.3 Å². The first-order valence-electron chi connectivity index (χ1n) is 5.44. The molecule has 0 saturated heterocycles. The predicted molar refractivity (Wildman–Crippen MR) is 69.2 cm³/mol. The SMILES string of the molecule is COC(=O)C(C)c1ccc(NN=C(C#N)C#N)cc1. The molecular weight excluding hydrogens is 244 g/mol. The minimum atomic E-state index is -0.351. The van der Waals surface area contributed by atoms with Crippen LogP contribution in [-0.2, 0) is 9.53 Å². The maximum atomic E-state index is 11.4. The fraction of sp³-hybridized carbons (Fsp3) is 0.231. The van der Waals surface area contributed by atoms with Crippen LogP contribution in [-0.4, -0.2) is 18.8 Å². The van der Waals surface area contributed by atoms with Crippen LogP contribution in [0.5, 0.6) is 0 Å². The van der Waals surface area contributed by atoms with Gasteiger partial charge in [-0.3, -0.25) is 10.2 Å². The Bertz CT molecular complexity index is 548. The average Bonchev–Trinajstić information content (AvgIpc) is 2.47. The van der Waals surface area contributed by atoms with E-state index < -0.39 is 0 Å². The topological polar surface area (TPSA) is 98.3 Å². The van der Waals surface area contributed by atoms with Crippen molar-refractivity contribution < 1.29 is 9.53 Å². The monoisotopic (exact) mass is 256 g/mol. The smallest absolute Gasteiger partial charge is 0.312 e. The molecule has 0 aliphatic carbocycles. The van der Waals surface area contributed by atoms with Gasteiger partial charge >= 0.3 is 5.97 Å². The van der Waals surface area contributed by atoms with E-state index in [1.165, 1.54) is 7.11 Å². The third-order valence-electron chi connectivity index (χ3n) is 2.47. The number of ether oxygens (including phenoxy) is 1. The lowest BCUT2D eigenvalue weighted by Crippen LogP contribution is -2.10. The van der Waals surface area contributed by atoms with Gasteiger partial charge in [0.15, 0.2) is 0 Å². The molecule has 1 rings (SSSR count). The summed E-state index contributed by atoms with van der Waals surface area (Å²) >= 11 is 0. The largest absolute Gasteiger partial charge is 0.469 e. The van der Waals surface area contributed by atoms with Crippen molar-refractivity contribution in [1.82, 2.24) is 0 Å². The van der Waals surface area contributed by atoms with E-state index in [-0.39, 0.29) is 17.6 Å². The predicted octanol–water partition coefficient (Wildman–Crippen LogP) is 1.78. The molecule has 19 heavy (non-hydrogen) atoms. The number of hydrazone groups is 1. The summed E-state index contributed by atoms with van der Waals surface area (Å²) in [7, 11) is 1.34. The number of benzene rings is 1.